The van der Waals surface area contributed by atoms with E-state index in [2.05, 4.69) is 11.9 Å². The van der Waals surface area contributed by atoms with Gasteiger partial charge >= 0.3 is 0 Å². The van der Waals surface area contributed by atoms with E-state index in [1.165, 1.54) is 12.1 Å². The molecule has 0 heterocycles. The summed E-state index contributed by atoms with van der Waals surface area (Å²) in [6.07, 6.45) is 2.40. The van der Waals surface area contributed by atoms with Crippen LogP contribution in [0.25, 0.3) is 0 Å². The minimum Gasteiger partial charge on any atom is -0.355 e. The number of halogens is 2. The van der Waals surface area contributed by atoms with Crippen LogP contribution in [0, 0.1) is 11.6 Å². The zero-order valence-corrected chi connectivity index (χ0v) is 10.0. The Balaban J connectivity index is 2.39. The first-order valence-corrected chi connectivity index (χ1v) is 6.07. The van der Waals surface area contributed by atoms with Gasteiger partial charge in [-0.1, -0.05) is 6.08 Å². The Bertz CT molecular complexity index is 409. The molecule has 0 aliphatic rings. The molecule has 1 aromatic rings. The minimum absolute atomic E-state index is 0.111. The highest BCUT2D eigenvalue weighted by atomic mass is 32.2. The summed E-state index contributed by atoms with van der Waals surface area (Å²) in [5.74, 6) is -1.34. The first-order chi connectivity index (χ1) is 8.13. The third-order valence-corrected chi connectivity index (χ3v) is 2.97. The number of carbonyl (C=O) groups is 1. The van der Waals surface area contributed by atoms with Gasteiger partial charge in [-0.15, -0.1) is 18.3 Å². The third kappa shape index (κ3) is 4.99. The van der Waals surface area contributed by atoms with Crippen molar-refractivity contribution in [3.63, 3.8) is 0 Å². The van der Waals surface area contributed by atoms with E-state index in [1.54, 1.807) is 6.08 Å². The fraction of sp³-hybridized carbons (Fsp3) is 0.250. The topological polar surface area (TPSA) is 29.1 Å². The second-order valence-corrected chi connectivity index (χ2v) is 4.31. The zero-order valence-electron chi connectivity index (χ0n) is 9.21. The van der Waals surface area contributed by atoms with Gasteiger partial charge in [-0.3, -0.25) is 4.79 Å². The number of hydrogen-bond donors (Lipinski definition) is 1. The van der Waals surface area contributed by atoms with Crippen LogP contribution in [0.3, 0.4) is 0 Å². The van der Waals surface area contributed by atoms with Crippen molar-refractivity contribution in [2.45, 2.75) is 11.3 Å². The second kappa shape index (κ2) is 7.06. The molecule has 0 fully saturated rings. The number of nitrogens with one attached hydrogen (secondary N) is 1. The van der Waals surface area contributed by atoms with Gasteiger partial charge in [0.25, 0.3) is 0 Å². The SMILES string of the molecule is C=CCCNC(=O)CSc1ccc(F)cc1F. The number of benzene rings is 1. The standard InChI is InChI=1S/C12H13F2NOS/c1-2-3-6-15-12(16)8-17-11-5-4-9(13)7-10(11)14/h2,4-5,7H,1,3,6,8H2,(H,15,16). The molecule has 0 aromatic heterocycles. The van der Waals surface area contributed by atoms with E-state index in [0.717, 1.165) is 17.8 Å². The second-order valence-electron chi connectivity index (χ2n) is 3.29. The number of rotatable bonds is 6. The summed E-state index contributed by atoms with van der Waals surface area (Å²) in [7, 11) is 0. The predicted octanol–water partition coefficient (Wildman–Crippen LogP) is 2.75. The summed E-state index contributed by atoms with van der Waals surface area (Å²) in [6, 6.07) is 3.30. The molecule has 0 bridgehead atoms. The summed E-state index contributed by atoms with van der Waals surface area (Å²) in [5.41, 5.74) is 0. The molecule has 0 saturated carbocycles. The molecule has 0 radical (unpaired) electrons. The molecule has 1 aromatic carbocycles. The number of amides is 1. The zero-order chi connectivity index (χ0) is 12.7. The third-order valence-electron chi connectivity index (χ3n) is 1.92. The quantitative estimate of drug-likeness (QED) is 0.482. The van der Waals surface area contributed by atoms with Crippen molar-refractivity contribution < 1.29 is 13.6 Å². The predicted molar refractivity (Wildman–Crippen MR) is 64.9 cm³/mol. The Morgan fingerprint density at radius 3 is 2.88 bits per heavy atom. The van der Waals surface area contributed by atoms with E-state index in [9.17, 15) is 13.6 Å². The summed E-state index contributed by atoms with van der Waals surface area (Å²) in [4.78, 5) is 11.6. The van der Waals surface area contributed by atoms with Crippen molar-refractivity contribution in [2.24, 2.45) is 0 Å². The molecule has 17 heavy (non-hydrogen) atoms. The van der Waals surface area contributed by atoms with E-state index in [-0.39, 0.29) is 16.6 Å². The highest BCUT2D eigenvalue weighted by Gasteiger charge is 2.07. The van der Waals surface area contributed by atoms with Gasteiger partial charge in [0.05, 0.1) is 5.75 Å². The Hall–Kier alpha value is -1.36. The van der Waals surface area contributed by atoms with Crippen LogP contribution in [-0.4, -0.2) is 18.2 Å². The van der Waals surface area contributed by atoms with Gasteiger partial charge in [-0.2, -0.15) is 0 Å². The van der Waals surface area contributed by atoms with Gasteiger partial charge in [-0.25, -0.2) is 8.78 Å². The largest absolute Gasteiger partial charge is 0.355 e. The van der Waals surface area contributed by atoms with E-state index >= 15 is 0 Å². The van der Waals surface area contributed by atoms with Crippen molar-refractivity contribution in [1.29, 1.82) is 0 Å². The number of hydrogen-bond acceptors (Lipinski definition) is 2. The van der Waals surface area contributed by atoms with Gasteiger partial charge in [0.15, 0.2) is 0 Å². The van der Waals surface area contributed by atoms with Crippen LogP contribution in [0.1, 0.15) is 6.42 Å². The fourth-order valence-electron chi connectivity index (χ4n) is 1.10. The van der Waals surface area contributed by atoms with Crippen LogP contribution >= 0.6 is 11.8 Å². The van der Waals surface area contributed by atoms with E-state index in [0.29, 0.717) is 13.0 Å². The first kappa shape index (κ1) is 13.7. The molecular formula is C12H13F2NOS. The Kier molecular flexibility index (Phi) is 5.69. The molecule has 0 spiro atoms. The molecule has 0 atom stereocenters. The molecule has 1 rings (SSSR count). The van der Waals surface area contributed by atoms with E-state index in [4.69, 9.17) is 0 Å². The van der Waals surface area contributed by atoms with Crippen LogP contribution in [-0.2, 0) is 4.79 Å². The van der Waals surface area contributed by atoms with Crippen LogP contribution in [0.4, 0.5) is 8.78 Å². The lowest BCUT2D eigenvalue weighted by Gasteiger charge is -2.04. The summed E-state index contributed by atoms with van der Waals surface area (Å²) in [5, 5.41) is 2.66. The average molecular weight is 257 g/mol. The maximum Gasteiger partial charge on any atom is 0.230 e. The van der Waals surface area contributed by atoms with Crippen molar-refractivity contribution in [2.75, 3.05) is 12.3 Å². The first-order valence-electron chi connectivity index (χ1n) is 5.09. The fourth-order valence-corrected chi connectivity index (χ4v) is 1.85. The lowest BCUT2D eigenvalue weighted by molar-refractivity contribution is -0.118. The average Bonchev–Trinajstić information content (AvgIpc) is 2.28. The van der Waals surface area contributed by atoms with Crippen molar-refractivity contribution in [3.8, 4) is 0 Å². The maximum absolute atomic E-state index is 13.2. The highest BCUT2D eigenvalue weighted by Crippen LogP contribution is 2.21. The molecule has 0 aliphatic heterocycles. The molecule has 1 amide bonds. The number of thioether (sulfide) groups is 1. The van der Waals surface area contributed by atoms with Gasteiger partial charge < -0.3 is 5.32 Å². The molecule has 1 N–H and O–H groups in total. The van der Waals surface area contributed by atoms with E-state index in [1.807, 2.05) is 0 Å². The smallest absolute Gasteiger partial charge is 0.230 e. The molecular weight excluding hydrogens is 244 g/mol. The van der Waals surface area contributed by atoms with Crippen LogP contribution in [0.5, 0.6) is 0 Å². The maximum atomic E-state index is 13.2. The van der Waals surface area contributed by atoms with Crippen molar-refractivity contribution in [1.82, 2.24) is 5.32 Å². The Morgan fingerprint density at radius 1 is 1.47 bits per heavy atom. The highest BCUT2D eigenvalue weighted by molar-refractivity contribution is 8.00. The van der Waals surface area contributed by atoms with Gasteiger partial charge in [0.1, 0.15) is 11.6 Å². The van der Waals surface area contributed by atoms with Crippen LogP contribution in [0.2, 0.25) is 0 Å². The molecule has 5 heteroatoms. The lowest BCUT2D eigenvalue weighted by atomic mass is 10.3. The summed E-state index contributed by atoms with van der Waals surface area (Å²) in [6.45, 7) is 4.05. The molecule has 2 nitrogen and oxygen atoms in total. The Labute approximate surface area is 103 Å². The van der Waals surface area contributed by atoms with E-state index < -0.39 is 11.6 Å². The van der Waals surface area contributed by atoms with Crippen LogP contribution in [0.15, 0.2) is 35.7 Å². The minimum atomic E-state index is -0.645. The number of carbonyl (C=O) groups excluding carboxylic acids is 1. The Morgan fingerprint density at radius 2 is 2.24 bits per heavy atom. The molecule has 0 unspecified atom stereocenters. The summed E-state index contributed by atoms with van der Waals surface area (Å²) >= 11 is 1.04. The van der Waals surface area contributed by atoms with Crippen LogP contribution < -0.4 is 5.32 Å². The molecule has 92 valence electrons. The van der Waals surface area contributed by atoms with Gasteiger partial charge in [-0.05, 0) is 18.6 Å². The monoisotopic (exact) mass is 257 g/mol. The molecule has 0 aliphatic carbocycles. The van der Waals surface area contributed by atoms with Crippen molar-refractivity contribution in [3.05, 3.63) is 42.5 Å². The lowest BCUT2D eigenvalue weighted by Crippen LogP contribution is -2.25. The normalized spacial score (nSPS) is 10.0. The molecule has 0 saturated heterocycles. The van der Waals surface area contributed by atoms with Crippen molar-refractivity contribution >= 4 is 17.7 Å². The van der Waals surface area contributed by atoms with Gasteiger partial charge in [0.2, 0.25) is 5.91 Å². The van der Waals surface area contributed by atoms with Gasteiger partial charge in [0, 0.05) is 17.5 Å². The summed E-state index contributed by atoms with van der Waals surface area (Å²) < 4.78 is 25.8.